The molecule has 1 rings (SSSR count). The number of esters is 1. The number of carbonyl (C=O) groups is 1. The molecule has 1 aromatic carbocycles. The second kappa shape index (κ2) is 5.39. The minimum Gasteiger partial charge on any atom is -0.508 e. The number of rotatable bonds is 4. The number of hydrogen-bond donors (Lipinski definition) is 2. The third-order valence-electron chi connectivity index (χ3n) is 2.40. The van der Waals surface area contributed by atoms with Gasteiger partial charge in [-0.05, 0) is 18.9 Å². The van der Waals surface area contributed by atoms with Gasteiger partial charge in [0, 0.05) is 11.6 Å². The normalized spacial score (nSPS) is 10.1. The second-order valence-corrected chi connectivity index (χ2v) is 3.59. The Morgan fingerprint density at radius 2 is 2.06 bits per heavy atom. The molecule has 4 heteroatoms. The molecule has 0 saturated carbocycles. The molecule has 0 heterocycles. The Balaban J connectivity index is 3.15. The fourth-order valence-corrected chi connectivity index (χ4v) is 1.55. The van der Waals surface area contributed by atoms with Crippen molar-refractivity contribution in [2.45, 2.75) is 26.2 Å². The van der Waals surface area contributed by atoms with Crippen molar-refractivity contribution in [2.75, 3.05) is 7.11 Å². The van der Waals surface area contributed by atoms with E-state index in [0.717, 1.165) is 12.8 Å². The molecule has 4 nitrogen and oxygen atoms in total. The number of phenols is 2. The molecular formula is C12H16O4. The van der Waals surface area contributed by atoms with Crippen LogP contribution < -0.4 is 0 Å². The van der Waals surface area contributed by atoms with Crippen molar-refractivity contribution in [3.63, 3.8) is 0 Å². The van der Waals surface area contributed by atoms with Gasteiger partial charge in [-0.3, -0.25) is 0 Å². The number of unbranched alkanes of at least 4 members (excludes halogenated alkanes) is 1. The minimum atomic E-state index is -0.544. The van der Waals surface area contributed by atoms with E-state index in [9.17, 15) is 15.0 Å². The molecule has 0 spiro atoms. The van der Waals surface area contributed by atoms with E-state index in [0.29, 0.717) is 12.0 Å². The lowest BCUT2D eigenvalue weighted by Crippen LogP contribution is -2.06. The highest BCUT2D eigenvalue weighted by Crippen LogP contribution is 2.29. The number of hydrogen-bond acceptors (Lipinski definition) is 4. The number of aromatic hydroxyl groups is 2. The third kappa shape index (κ3) is 2.66. The average molecular weight is 224 g/mol. The molecule has 0 aliphatic rings. The topological polar surface area (TPSA) is 66.8 Å². The summed E-state index contributed by atoms with van der Waals surface area (Å²) in [5.41, 5.74) is 0.764. The Labute approximate surface area is 94.5 Å². The molecule has 0 bridgehead atoms. The van der Waals surface area contributed by atoms with Crippen LogP contribution in [0, 0.1) is 0 Å². The minimum absolute atomic E-state index is 0.0612. The number of phenolic OH excluding ortho intramolecular Hbond substituents is 2. The Morgan fingerprint density at radius 3 is 2.62 bits per heavy atom. The highest BCUT2D eigenvalue weighted by atomic mass is 16.5. The smallest absolute Gasteiger partial charge is 0.338 e. The predicted octanol–water partition coefficient (Wildman–Crippen LogP) is 2.23. The molecule has 0 atom stereocenters. The number of ether oxygens (including phenoxy) is 1. The molecule has 1 aromatic rings. The van der Waals surface area contributed by atoms with E-state index in [-0.39, 0.29) is 17.1 Å². The van der Waals surface area contributed by atoms with Crippen LogP contribution in [0.5, 0.6) is 11.5 Å². The molecule has 0 unspecified atom stereocenters. The van der Waals surface area contributed by atoms with E-state index in [1.807, 2.05) is 6.92 Å². The highest BCUT2D eigenvalue weighted by Gasteiger charge is 2.16. The van der Waals surface area contributed by atoms with Gasteiger partial charge in [0.2, 0.25) is 0 Å². The van der Waals surface area contributed by atoms with Crippen LogP contribution in [0.1, 0.15) is 35.7 Å². The lowest BCUT2D eigenvalue weighted by atomic mass is 10.0. The summed E-state index contributed by atoms with van der Waals surface area (Å²) < 4.78 is 4.61. The van der Waals surface area contributed by atoms with Gasteiger partial charge >= 0.3 is 5.97 Å². The summed E-state index contributed by atoms with van der Waals surface area (Å²) >= 11 is 0. The number of carbonyl (C=O) groups excluding carboxylic acids is 1. The third-order valence-corrected chi connectivity index (χ3v) is 2.40. The monoisotopic (exact) mass is 224 g/mol. The summed E-state index contributed by atoms with van der Waals surface area (Å²) in [5.74, 6) is -0.746. The summed E-state index contributed by atoms with van der Waals surface area (Å²) in [6, 6.07) is 2.55. The van der Waals surface area contributed by atoms with E-state index in [1.54, 1.807) is 0 Å². The summed E-state index contributed by atoms with van der Waals surface area (Å²) in [6.45, 7) is 2.02. The fourth-order valence-electron chi connectivity index (χ4n) is 1.55. The molecule has 0 radical (unpaired) electrons. The van der Waals surface area contributed by atoms with E-state index in [4.69, 9.17) is 0 Å². The maximum atomic E-state index is 11.5. The van der Waals surface area contributed by atoms with Crippen molar-refractivity contribution < 1.29 is 19.7 Å². The fraction of sp³-hybridized carbons (Fsp3) is 0.417. The molecule has 0 fully saturated rings. The van der Waals surface area contributed by atoms with Gasteiger partial charge in [0.05, 0.1) is 12.7 Å². The predicted molar refractivity (Wildman–Crippen MR) is 59.7 cm³/mol. The standard InChI is InChI=1S/C12H16O4/c1-3-4-5-9-10(12(15)16-2)6-8(13)7-11(9)14/h6-7,13-14H,3-5H2,1-2H3. The molecule has 0 aliphatic heterocycles. The number of methoxy groups -OCH3 is 1. The van der Waals surface area contributed by atoms with Crippen molar-refractivity contribution >= 4 is 5.97 Å². The molecule has 0 aliphatic carbocycles. The van der Waals surface area contributed by atoms with Crippen LogP contribution in [-0.4, -0.2) is 23.3 Å². The van der Waals surface area contributed by atoms with Crippen LogP contribution in [0.4, 0.5) is 0 Å². The second-order valence-electron chi connectivity index (χ2n) is 3.59. The van der Waals surface area contributed by atoms with Crippen molar-refractivity contribution in [3.8, 4) is 11.5 Å². The van der Waals surface area contributed by atoms with Crippen LogP contribution >= 0.6 is 0 Å². The van der Waals surface area contributed by atoms with Gasteiger partial charge in [0.25, 0.3) is 0 Å². The lowest BCUT2D eigenvalue weighted by Gasteiger charge is -2.10. The van der Waals surface area contributed by atoms with Gasteiger partial charge in [-0.15, -0.1) is 0 Å². The molecule has 2 N–H and O–H groups in total. The zero-order valence-corrected chi connectivity index (χ0v) is 9.49. The molecule has 0 aromatic heterocycles. The quantitative estimate of drug-likeness (QED) is 0.769. The van der Waals surface area contributed by atoms with Gasteiger partial charge in [-0.1, -0.05) is 13.3 Å². The SMILES string of the molecule is CCCCc1c(O)cc(O)cc1C(=O)OC. The zero-order chi connectivity index (χ0) is 12.1. The van der Waals surface area contributed by atoms with Crippen LogP contribution in [0.3, 0.4) is 0 Å². The summed E-state index contributed by atoms with van der Waals surface area (Å²) in [4.78, 5) is 11.5. The van der Waals surface area contributed by atoms with Gasteiger partial charge in [-0.2, -0.15) is 0 Å². The molecule has 0 amide bonds. The van der Waals surface area contributed by atoms with Gasteiger partial charge in [-0.25, -0.2) is 4.79 Å². The van der Waals surface area contributed by atoms with Crippen LogP contribution in [0.2, 0.25) is 0 Å². The Hall–Kier alpha value is -1.71. The summed E-state index contributed by atoms with van der Waals surface area (Å²) in [5, 5.41) is 19.0. The lowest BCUT2D eigenvalue weighted by molar-refractivity contribution is 0.0598. The van der Waals surface area contributed by atoms with Crippen molar-refractivity contribution in [1.82, 2.24) is 0 Å². The molecular weight excluding hydrogens is 208 g/mol. The van der Waals surface area contributed by atoms with Crippen LogP contribution in [0.15, 0.2) is 12.1 Å². The highest BCUT2D eigenvalue weighted by molar-refractivity contribution is 5.92. The molecule has 16 heavy (non-hydrogen) atoms. The first kappa shape index (κ1) is 12.4. The van der Waals surface area contributed by atoms with Crippen LogP contribution in [-0.2, 0) is 11.2 Å². The van der Waals surface area contributed by atoms with Gasteiger partial charge in [0.1, 0.15) is 11.5 Å². The van der Waals surface area contributed by atoms with Crippen molar-refractivity contribution in [1.29, 1.82) is 0 Å². The van der Waals surface area contributed by atoms with Crippen LogP contribution in [0.25, 0.3) is 0 Å². The first-order chi connectivity index (χ1) is 7.60. The van der Waals surface area contributed by atoms with Gasteiger partial charge in [0.15, 0.2) is 0 Å². The largest absolute Gasteiger partial charge is 0.508 e. The Morgan fingerprint density at radius 1 is 1.38 bits per heavy atom. The number of benzene rings is 1. The summed E-state index contributed by atoms with van der Waals surface area (Å²) in [6.07, 6.45) is 2.41. The first-order valence-corrected chi connectivity index (χ1v) is 5.23. The van der Waals surface area contributed by atoms with E-state index in [2.05, 4.69) is 4.74 Å². The molecule has 0 saturated heterocycles. The van der Waals surface area contributed by atoms with E-state index >= 15 is 0 Å². The van der Waals surface area contributed by atoms with Gasteiger partial charge < -0.3 is 14.9 Å². The van der Waals surface area contributed by atoms with Crippen molar-refractivity contribution in [3.05, 3.63) is 23.3 Å². The summed E-state index contributed by atoms with van der Waals surface area (Å²) in [7, 11) is 1.27. The van der Waals surface area contributed by atoms with E-state index in [1.165, 1.54) is 19.2 Å². The molecule has 88 valence electrons. The maximum absolute atomic E-state index is 11.5. The Kier molecular flexibility index (Phi) is 4.17. The maximum Gasteiger partial charge on any atom is 0.338 e. The average Bonchev–Trinajstić information content (AvgIpc) is 2.26. The zero-order valence-electron chi connectivity index (χ0n) is 9.49. The Bertz CT molecular complexity index is 385. The first-order valence-electron chi connectivity index (χ1n) is 5.23. The van der Waals surface area contributed by atoms with E-state index < -0.39 is 5.97 Å². The van der Waals surface area contributed by atoms with Crippen molar-refractivity contribution in [2.24, 2.45) is 0 Å².